The average Bonchev–Trinajstić information content (AvgIpc) is 2.45. The molecule has 0 N–H and O–H groups in total. The minimum Gasteiger partial charge on any atom is -0.465 e. The summed E-state index contributed by atoms with van der Waals surface area (Å²) < 4.78 is 44.4. The molecule has 126 valence electrons. The van der Waals surface area contributed by atoms with Gasteiger partial charge in [0.1, 0.15) is 16.3 Å². The van der Waals surface area contributed by atoms with Crippen LogP contribution in [-0.2, 0) is 15.7 Å². The lowest BCUT2D eigenvalue weighted by Crippen LogP contribution is -2.18. The van der Waals surface area contributed by atoms with Crippen molar-refractivity contribution >= 4 is 17.7 Å². The van der Waals surface area contributed by atoms with Gasteiger partial charge < -0.3 is 4.74 Å². The number of thioether (sulfide) groups is 1. The maximum atomic E-state index is 13.2. The first-order valence-electron chi connectivity index (χ1n) is 6.97. The molecule has 8 heteroatoms. The molecular formula is C15H17F3N2O2S. The van der Waals surface area contributed by atoms with Gasteiger partial charge in [0.25, 0.3) is 0 Å². The van der Waals surface area contributed by atoms with Crippen LogP contribution in [0.3, 0.4) is 0 Å². The molecule has 0 aliphatic rings. The third-order valence-electron chi connectivity index (χ3n) is 2.92. The fourth-order valence-corrected chi connectivity index (χ4v) is 2.66. The molecule has 23 heavy (non-hydrogen) atoms. The molecule has 0 bridgehead atoms. The van der Waals surface area contributed by atoms with Crippen LogP contribution in [0.5, 0.6) is 0 Å². The summed E-state index contributed by atoms with van der Waals surface area (Å²) in [6.07, 6.45) is -4.67. The summed E-state index contributed by atoms with van der Waals surface area (Å²) in [5, 5.41) is 8.26. The normalized spacial score (nSPS) is 12.8. The van der Waals surface area contributed by atoms with Crippen LogP contribution >= 0.6 is 11.8 Å². The molecule has 1 aromatic heterocycles. The third-order valence-corrected chi connectivity index (χ3v) is 3.99. The van der Waals surface area contributed by atoms with Crippen LogP contribution in [0.1, 0.15) is 50.4 Å². The first-order valence-corrected chi connectivity index (χ1v) is 7.85. The minimum absolute atomic E-state index is 0.105. The second-order valence-corrected chi connectivity index (χ2v) is 6.38. The average molecular weight is 346 g/mol. The zero-order valence-corrected chi connectivity index (χ0v) is 14.0. The molecule has 1 heterocycles. The number of hydrogen-bond acceptors (Lipinski definition) is 5. The van der Waals surface area contributed by atoms with E-state index in [1.807, 2.05) is 0 Å². The van der Waals surface area contributed by atoms with E-state index in [0.717, 1.165) is 17.8 Å². The molecule has 1 rings (SSSR count). The van der Waals surface area contributed by atoms with Gasteiger partial charge in [-0.1, -0.05) is 25.6 Å². The number of hydrogen-bond donors (Lipinski definition) is 0. The molecule has 0 aliphatic carbocycles. The Morgan fingerprint density at radius 3 is 2.48 bits per heavy atom. The highest BCUT2D eigenvalue weighted by atomic mass is 32.2. The van der Waals surface area contributed by atoms with E-state index in [1.165, 1.54) is 6.92 Å². The number of pyridine rings is 1. The van der Waals surface area contributed by atoms with Gasteiger partial charge in [-0.2, -0.15) is 18.4 Å². The number of aromatic nitrogens is 1. The molecule has 1 unspecified atom stereocenters. The molecule has 0 fully saturated rings. The van der Waals surface area contributed by atoms with E-state index < -0.39 is 28.5 Å². The van der Waals surface area contributed by atoms with Crippen molar-refractivity contribution in [2.24, 2.45) is 0 Å². The van der Waals surface area contributed by atoms with Gasteiger partial charge in [-0.3, -0.25) is 4.79 Å². The van der Waals surface area contributed by atoms with Gasteiger partial charge in [0, 0.05) is 5.69 Å². The molecular weight excluding hydrogens is 329 g/mol. The molecule has 0 aliphatic heterocycles. The summed E-state index contributed by atoms with van der Waals surface area (Å²) >= 11 is 0.797. The predicted molar refractivity (Wildman–Crippen MR) is 80.0 cm³/mol. The van der Waals surface area contributed by atoms with Crippen LogP contribution in [0.2, 0.25) is 0 Å². The van der Waals surface area contributed by atoms with Crippen molar-refractivity contribution < 1.29 is 22.7 Å². The molecule has 0 amide bonds. The Labute approximate surface area is 137 Å². The van der Waals surface area contributed by atoms with E-state index >= 15 is 0 Å². The first kappa shape index (κ1) is 19.3. The van der Waals surface area contributed by atoms with Crippen LogP contribution in [0, 0.1) is 11.3 Å². The summed E-state index contributed by atoms with van der Waals surface area (Å²) in [5.41, 5.74) is -1.38. The first-order chi connectivity index (χ1) is 10.6. The third kappa shape index (κ3) is 4.86. The smallest absolute Gasteiger partial charge is 0.417 e. The van der Waals surface area contributed by atoms with Gasteiger partial charge >= 0.3 is 12.1 Å². The lowest BCUT2D eigenvalue weighted by Gasteiger charge is -2.17. The molecule has 0 spiro atoms. The van der Waals surface area contributed by atoms with Gasteiger partial charge in [-0.15, -0.1) is 0 Å². The summed E-state index contributed by atoms with van der Waals surface area (Å²) in [5.74, 6) is -0.812. The molecule has 1 aromatic rings. The van der Waals surface area contributed by atoms with Gasteiger partial charge in [0.15, 0.2) is 0 Å². The monoisotopic (exact) mass is 346 g/mol. The number of nitriles is 1. The van der Waals surface area contributed by atoms with Crippen molar-refractivity contribution in [2.45, 2.75) is 50.1 Å². The number of esters is 1. The van der Waals surface area contributed by atoms with Crippen LogP contribution in [0.15, 0.2) is 11.1 Å². The minimum atomic E-state index is -4.67. The molecule has 0 aromatic carbocycles. The van der Waals surface area contributed by atoms with Crippen molar-refractivity contribution in [3.05, 3.63) is 22.9 Å². The van der Waals surface area contributed by atoms with Crippen molar-refractivity contribution in [3.8, 4) is 6.07 Å². The molecule has 4 nitrogen and oxygen atoms in total. The SMILES string of the molecule is CCOC(=O)C(C)Sc1nc(C(C)C)cc(C(F)(F)F)c1C#N. The van der Waals surface area contributed by atoms with Crippen LogP contribution < -0.4 is 0 Å². The van der Waals surface area contributed by atoms with Gasteiger partial charge in [0.05, 0.1) is 17.7 Å². The number of halogens is 3. The molecule has 1 atom stereocenters. The Balaban J connectivity index is 3.37. The van der Waals surface area contributed by atoms with Crippen molar-refractivity contribution in [1.82, 2.24) is 4.98 Å². The van der Waals surface area contributed by atoms with E-state index in [4.69, 9.17) is 10.00 Å². The predicted octanol–water partition coefficient (Wildman–Crippen LogP) is 4.14. The molecule has 0 radical (unpaired) electrons. The summed E-state index contributed by atoms with van der Waals surface area (Å²) in [4.78, 5) is 15.8. The van der Waals surface area contributed by atoms with Crippen molar-refractivity contribution in [2.75, 3.05) is 6.61 Å². The van der Waals surface area contributed by atoms with E-state index in [-0.39, 0.29) is 23.2 Å². The number of nitrogens with zero attached hydrogens (tertiary/aromatic N) is 2. The highest BCUT2D eigenvalue weighted by Crippen LogP contribution is 2.38. The van der Waals surface area contributed by atoms with E-state index in [1.54, 1.807) is 26.8 Å². The van der Waals surface area contributed by atoms with Crippen LogP contribution in [0.25, 0.3) is 0 Å². The van der Waals surface area contributed by atoms with Crippen LogP contribution in [-0.4, -0.2) is 22.8 Å². The number of ether oxygens (including phenoxy) is 1. The fourth-order valence-electron chi connectivity index (χ4n) is 1.73. The van der Waals surface area contributed by atoms with E-state index in [9.17, 15) is 18.0 Å². The van der Waals surface area contributed by atoms with Gasteiger partial charge in [-0.25, -0.2) is 4.98 Å². The van der Waals surface area contributed by atoms with Gasteiger partial charge in [0.2, 0.25) is 0 Å². The lowest BCUT2D eigenvalue weighted by atomic mass is 10.0. The standard InChI is InChI=1S/C15H17F3N2O2S/c1-5-22-14(21)9(4)23-13-10(7-19)11(15(16,17)18)6-12(20-13)8(2)3/h6,8-9H,5H2,1-4H3. The molecule has 0 saturated carbocycles. The highest BCUT2D eigenvalue weighted by Gasteiger charge is 2.36. The van der Waals surface area contributed by atoms with Crippen LogP contribution in [0.4, 0.5) is 13.2 Å². The zero-order valence-electron chi connectivity index (χ0n) is 13.2. The number of alkyl halides is 3. The van der Waals surface area contributed by atoms with Gasteiger partial charge in [-0.05, 0) is 25.8 Å². The Morgan fingerprint density at radius 1 is 1.43 bits per heavy atom. The van der Waals surface area contributed by atoms with E-state index in [2.05, 4.69) is 4.98 Å². The number of carbonyl (C=O) groups excluding carboxylic acids is 1. The largest absolute Gasteiger partial charge is 0.465 e. The maximum Gasteiger partial charge on any atom is 0.417 e. The second kappa shape index (κ2) is 7.68. The highest BCUT2D eigenvalue weighted by molar-refractivity contribution is 8.00. The Bertz CT molecular complexity index is 624. The summed E-state index contributed by atoms with van der Waals surface area (Å²) in [7, 11) is 0. The zero-order chi connectivity index (χ0) is 17.8. The number of carbonyl (C=O) groups is 1. The second-order valence-electron chi connectivity index (χ2n) is 5.05. The number of rotatable bonds is 5. The quantitative estimate of drug-likeness (QED) is 0.592. The summed E-state index contributed by atoms with van der Waals surface area (Å²) in [6.45, 7) is 6.72. The fraction of sp³-hybridized carbons (Fsp3) is 0.533. The maximum absolute atomic E-state index is 13.2. The summed E-state index contributed by atoms with van der Waals surface area (Å²) in [6, 6.07) is 2.45. The van der Waals surface area contributed by atoms with E-state index in [0.29, 0.717) is 0 Å². The lowest BCUT2D eigenvalue weighted by molar-refractivity contribution is -0.142. The molecule has 0 saturated heterocycles. The Kier molecular flexibility index (Phi) is 6.45. The Morgan fingerprint density at radius 2 is 2.04 bits per heavy atom. The van der Waals surface area contributed by atoms with Crippen molar-refractivity contribution in [3.63, 3.8) is 0 Å². The topological polar surface area (TPSA) is 63.0 Å². The Hall–Kier alpha value is -1.75. The van der Waals surface area contributed by atoms with Crippen molar-refractivity contribution in [1.29, 1.82) is 5.26 Å².